The molecular formula is C29H36Cl2N6O4. The second-order valence-electron chi connectivity index (χ2n) is 10.3. The Labute approximate surface area is 250 Å². The smallest absolute Gasteiger partial charge is 0.246 e. The molecule has 220 valence electrons. The highest BCUT2D eigenvalue weighted by Crippen LogP contribution is 2.46. The summed E-state index contributed by atoms with van der Waals surface area (Å²) >= 11 is 13.6. The van der Waals surface area contributed by atoms with E-state index in [-0.39, 0.29) is 11.9 Å². The van der Waals surface area contributed by atoms with E-state index in [0.717, 1.165) is 62.6 Å². The number of hydrogen-bond acceptors (Lipinski definition) is 9. The largest absolute Gasteiger partial charge is 0.495 e. The molecule has 2 saturated heterocycles. The fourth-order valence-electron chi connectivity index (χ4n) is 5.46. The number of carbonyl (C=O) groups excluding carboxylic acids is 1. The average Bonchev–Trinajstić information content (AvgIpc) is 3.50. The minimum Gasteiger partial charge on any atom is -0.495 e. The summed E-state index contributed by atoms with van der Waals surface area (Å²) < 4.78 is 16.5. The van der Waals surface area contributed by atoms with Gasteiger partial charge in [0.25, 0.3) is 0 Å². The van der Waals surface area contributed by atoms with Gasteiger partial charge in [0.2, 0.25) is 11.9 Å². The first-order chi connectivity index (χ1) is 19.9. The molecule has 0 spiro atoms. The monoisotopic (exact) mass is 602 g/mol. The summed E-state index contributed by atoms with van der Waals surface area (Å²) in [6, 6.07) is 1.89. The van der Waals surface area contributed by atoms with Crippen molar-refractivity contribution in [2.45, 2.75) is 18.9 Å². The Hall–Kier alpha value is -3.05. The Kier molecular flexibility index (Phi) is 9.54. The molecular weight excluding hydrogens is 567 g/mol. The SMILES string of the molecule is C=CC(=O)N1CCN(CCCN2CC(c3c(Cl)c(OC)cc(OC)c3Cl)=Cc3cnc(N[C@H]4CCOC4)nc32)CC1. The molecule has 1 amide bonds. The fourth-order valence-corrected chi connectivity index (χ4v) is 6.20. The molecule has 0 aliphatic carbocycles. The molecule has 5 rings (SSSR count). The van der Waals surface area contributed by atoms with Gasteiger partial charge in [-0.05, 0) is 37.1 Å². The normalized spacial score (nSPS) is 19.0. The van der Waals surface area contributed by atoms with Crippen molar-refractivity contribution < 1.29 is 19.0 Å². The van der Waals surface area contributed by atoms with Crippen molar-refractivity contribution in [3.8, 4) is 11.5 Å². The highest BCUT2D eigenvalue weighted by Gasteiger charge is 2.28. The zero-order chi connectivity index (χ0) is 28.9. The Morgan fingerprint density at radius 1 is 1.17 bits per heavy atom. The summed E-state index contributed by atoms with van der Waals surface area (Å²) in [5.41, 5.74) is 2.48. The fraction of sp³-hybridized carbons (Fsp3) is 0.483. The number of nitrogens with zero attached hydrogens (tertiary/aromatic N) is 5. The van der Waals surface area contributed by atoms with Crippen molar-refractivity contribution in [1.82, 2.24) is 19.8 Å². The van der Waals surface area contributed by atoms with Crippen LogP contribution in [0.2, 0.25) is 10.0 Å². The van der Waals surface area contributed by atoms with Crippen molar-refractivity contribution >= 4 is 52.5 Å². The lowest BCUT2D eigenvalue weighted by Gasteiger charge is -2.35. The van der Waals surface area contributed by atoms with E-state index in [0.29, 0.717) is 59.3 Å². The van der Waals surface area contributed by atoms with Crippen LogP contribution in [0.5, 0.6) is 11.5 Å². The van der Waals surface area contributed by atoms with Gasteiger partial charge in [-0.2, -0.15) is 4.98 Å². The molecule has 41 heavy (non-hydrogen) atoms. The summed E-state index contributed by atoms with van der Waals surface area (Å²) in [5, 5.41) is 4.27. The molecule has 12 heteroatoms. The van der Waals surface area contributed by atoms with Gasteiger partial charge in [0.1, 0.15) is 17.3 Å². The average molecular weight is 604 g/mol. The van der Waals surface area contributed by atoms with Crippen LogP contribution < -0.4 is 19.7 Å². The minimum atomic E-state index is -0.00588. The van der Waals surface area contributed by atoms with Gasteiger partial charge in [-0.3, -0.25) is 9.69 Å². The zero-order valence-electron chi connectivity index (χ0n) is 23.5. The number of nitrogens with one attached hydrogen (secondary N) is 1. The number of methoxy groups -OCH3 is 2. The Morgan fingerprint density at radius 3 is 2.54 bits per heavy atom. The summed E-state index contributed by atoms with van der Waals surface area (Å²) in [4.78, 5) is 28.0. The minimum absolute atomic E-state index is 0.00588. The maximum Gasteiger partial charge on any atom is 0.246 e. The Balaban J connectivity index is 1.38. The van der Waals surface area contributed by atoms with E-state index in [1.807, 2.05) is 17.2 Å². The topological polar surface area (TPSA) is 92.3 Å². The number of benzene rings is 1. The molecule has 2 fully saturated rings. The van der Waals surface area contributed by atoms with Crippen LogP contribution in [-0.4, -0.2) is 105 Å². The molecule has 3 aliphatic rings. The van der Waals surface area contributed by atoms with Crippen molar-refractivity contribution in [1.29, 1.82) is 0 Å². The summed E-state index contributed by atoms with van der Waals surface area (Å²) in [7, 11) is 3.14. The number of ether oxygens (including phenoxy) is 3. The summed E-state index contributed by atoms with van der Waals surface area (Å²) in [5.74, 6) is 2.42. The van der Waals surface area contributed by atoms with E-state index in [1.54, 1.807) is 20.3 Å². The standard InChI is InChI=1S/C29H36Cl2N6O4/c1-4-24(38)36-11-9-35(10-12-36)7-5-8-37-17-20(25-26(30)22(39-2)15-23(40-3)27(25)31)14-19-16-32-29(34-28(19)37)33-21-6-13-41-18-21/h4,14-16,21H,1,5-13,17-18H2,2-3H3,(H,32,33,34)/t21-/m0/s1. The highest BCUT2D eigenvalue weighted by molar-refractivity contribution is 6.39. The number of halogens is 2. The number of fused-ring (bicyclic) bond motifs is 1. The third-order valence-electron chi connectivity index (χ3n) is 7.71. The van der Waals surface area contributed by atoms with Crippen LogP contribution in [0.3, 0.4) is 0 Å². The van der Waals surface area contributed by atoms with Gasteiger partial charge in [0.05, 0.1) is 36.9 Å². The van der Waals surface area contributed by atoms with E-state index in [4.69, 9.17) is 42.4 Å². The number of rotatable bonds is 10. The lowest BCUT2D eigenvalue weighted by Crippen LogP contribution is -2.48. The Bertz CT molecular complexity index is 1280. The third-order valence-corrected chi connectivity index (χ3v) is 8.46. The van der Waals surface area contributed by atoms with Crippen LogP contribution >= 0.6 is 23.2 Å². The van der Waals surface area contributed by atoms with Gasteiger partial charge < -0.3 is 29.3 Å². The quantitative estimate of drug-likeness (QED) is 0.404. The molecule has 0 saturated carbocycles. The van der Waals surface area contributed by atoms with Crippen molar-refractivity contribution in [3.63, 3.8) is 0 Å². The zero-order valence-corrected chi connectivity index (χ0v) is 25.0. The van der Waals surface area contributed by atoms with Crippen molar-refractivity contribution in [2.24, 2.45) is 0 Å². The number of carbonyl (C=O) groups is 1. The molecule has 3 aliphatic heterocycles. The van der Waals surface area contributed by atoms with E-state index in [1.165, 1.54) is 6.08 Å². The molecule has 2 aromatic rings. The number of amides is 1. The van der Waals surface area contributed by atoms with Gasteiger partial charge in [-0.25, -0.2) is 4.98 Å². The van der Waals surface area contributed by atoms with Crippen LogP contribution in [0.4, 0.5) is 11.8 Å². The molecule has 4 heterocycles. The van der Waals surface area contributed by atoms with Crippen LogP contribution in [0.15, 0.2) is 24.9 Å². The van der Waals surface area contributed by atoms with Gasteiger partial charge >= 0.3 is 0 Å². The molecule has 0 radical (unpaired) electrons. The first kappa shape index (κ1) is 29.4. The lowest BCUT2D eigenvalue weighted by atomic mass is 9.98. The third kappa shape index (κ3) is 6.56. The van der Waals surface area contributed by atoms with E-state index in [2.05, 4.69) is 26.7 Å². The van der Waals surface area contributed by atoms with Gasteiger partial charge in [0.15, 0.2) is 0 Å². The van der Waals surface area contributed by atoms with Gasteiger partial charge in [-0.1, -0.05) is 29.8 Å². The van der Waals surface area contributed by atoms with E-state index in [9.17, 15) is 4.79 Å². The highest BCUT2D eigenvalue weighted by atomic mass is 35.5. The predicted octanol–water partition coefficient (Wildman–Crippen LogP) is 4.08. The molecule has 0 unspecified atom stereocenters. The molecule has 1 aromatic heterocycles. The van der Waals surface area contributed by atoms with Crippen LogP contribution in [-0.2, 0) is 9.53 Å². The number of anilines is 2. The maximum atomic E-state index is 11.9. The lowest BCUT2D eigenvalue weighted by molar-refractivity contribution is -0.127. The van der Waals surface area contributed by atoms with Crippen molar-refractivity contribution in [2.75, 3.05) is 83.5 Å². The first-order valence-electron chi connectivity index (χ1n) is 13.8. The molecule has 10 nitrogen and oxygen atoms in total. The van der Waals surface area contributed by atoms with Crippen LogP contribution in [0.25, 0.3) is 11.6 Å². The second kappa shape index (κ2) is 13.3. The van der Waals surface area contributed by atoms with E-state index < -0.39 is 0 Å². The first-order valence-corrected chi connectivity index (χ1v) is 14.6. The molecule has 1 atom stereocenters. The molecule has 0 bridgehead atoms. The summed E-state index contributed by atoms with van der Waals surface area (Å²) in [6.45, 7) is 10.3. The van der Waals surface area contributed by atoms with Crippen LogP contribution in [0, 0.1) is 0 Å². The van der Waals surface area contributed by atoms with E-state index >= 15 is 0 Å². The maximum absolute atomic E-state index is 11.9. The number of hydrogen-bond donors (Lipinski definition) is 1. The Morgan fingerprint density at radius 2 is 1.90 bits per heavy atom. The molecule has 1 N–H and O–H groups in total. The van der Waals surface area contributed by atoms with Gasteiger partial charge in [-0.15, -0.1) is 0 Å². The summed E-state index contributed by atoms with van der Waals surface area (Å²) in [6.07, 6.45) is 7.09. The van der Waals surface area contributed by atoms with Crippen molar-refractivity contribution in [3.05, 3.63) is 46.1 Å². The molecule has 1 aromatic carbocycles. The number of piperazine rings is 1. The van der Waals surface area contributed by atoms with Crippen LogP contribution in [0.1, 0.15) is 24.0 Å². The second-order valence-corrected chi connectivity index (χ2v) is 11.0. The van der Waals surface area contributed by atoms with Gasteiger partial charge in [0, 0.05) is 69.3 Å². The predicted molar refractivity (Wildman–Crippen MR) is 162 cm³/mol. The number of aromatic nitrogens is 2.